The van der Waals surface area contributed by atoms with Crippen LogP contribution in [0, 0.1) is 13.8 Å². The van der Waals surface area contributed by atoms with Gasteiger partial charge in [-0.2, -0.15) is 0 Å². The Balaban J connectivity index is 1.71. The van der Waals surface area contributed by atoms with Gasteiger partial charge in [0.05, 0.1) is 11.3 Å². The van der Waals surface area contributed by atoms with Crippen molar-refractivity contribution in [1.82, 2.24) is 4.90 Å². The van der Waals surface area contributed by atoms with Crippen molar-refractivity contribution >= 4 is 40.6 Å². The van der Waals surface area contributed by atoms with E-state index < -0.39 is 18.2 Å². The molecule has 1 aromatic carbocycles. The zero-order chi connectivity index (χ0) is 22.5. The van der Waals surface area contributed by atoms with E-state index in [-0.39, 0.29) is 36.5 Å². The maximum Gasteiger partial charge on any atom is 0.354 e. The molecule has 1 saturated heterocycles. The van der Waals surface area contributed by atoms with E-state index in [4.69, 9.17) is 4.74 Å². The summed E-state index contributed by atoms with van der Waals surface area (Å²) in [6.45, 7) is 6.91. The molecule has 1 fully saturated rings. The molecule has 0 radical (unpaired) electrons. The third-order valence-corrected chi connectivity index (χ3v) is 6.78. The first-order valence-electron chi connectivity index (χ1n) is 10.2. The van der Waals surface area contributed by atoms with Crippen molar-refractivity contribution in [3.05, 3.63) is 51.2 Å². The van der Waals surface area contributed by atoms with Crippen LogP contribution in [0.3, 0.4) is 0 Å². The molecule has 8 heteroatoms. The highest BCUT2D eigenvalue weighted by Gasteiger charge is 2.62. The Labute approximate surface area is 184 Å². The topological polar surface area (TPSA) is 84.0 Å². The molecule has 1 atom stereocenters. The summed E-state index contributed by atoms with van der Waals surface area (Å²) in [5, 5.41) is 0. The van der Waals surface area contributed by atoms with Crippen LogP contribution in [-0.2, 0) is 14.3 Å². The number of fused-ring (bicyclic) bond motifs is 3. The molecule has 1 aromatic heterocycles. The summed E-state index contributed by atoms with van der Waals surface area (Å²) in [5.74, 6) is -1.64. The van der Waals surface area contributed by atoms with Crippen LogP contribution in [0.1, 0.15) is 57.2 Å². The summed E-state index contributed by atoms with van der Waals surface area (Å²) in [6, 6.07) is 8.19. The number of amides is 2. The van der Waals surface area contributed by atoms with Gasteiger partial charge < -0.3 is 9.64 Å². The number of carbonyl (C=O) groups is 4. The normalized spacial score (nSPS) is 20.2. The van der Waals surface area contributed by atoms with Gasteiger partial charge in [0, 0.05) is 34.2 Å². The molecule has 162 valence electrons. The molecule has 3 heterocycles. The predicted octanol–water partition coefficient (Wildman–Crippen LogP) is 3.48. The highest BCUT2D eigenvalue weighted by atomic mass is 32.1. The molecule has 0 spiro atoms. The second-order valence-corrected chi connectivity index (χ2v) is 9.62. The number of hydrogen-bond acceptors (Lipinski definition) is 6. The lowest BCUT2D eigenvalue weighted by atomic mass is 9.95. The van der Waals surface area contributed by atoms with E-state index in [1.807, 2.05) is 13.8 Å². The van der Waals surface area contributed by atoms with Gasteiger partial charge in [-0.15, -0.1) is 11.3 Å². The lowest BCUT2D eigenvalue weighted by Gasteiger charge is -2.50. The van der Waals surface area contributed by atoms with Gasteiger partial charge in [0.1, 0.15) is 0 Å². The third-order valence-electron chi connectivity index (χ3n) is 5.82. The summed E-state index contributed by atoms with van der Waals surface area (Å²) in [5.41, 5.74) is -0.288. The van der Waals surface area contributed by atoms with E-state index in [1.54, 1.807) is 44.2 Å². The van der Waals surface area contributed by atoms with E-state index in [2.05, 4.69) is 0 Å². The molecule has 0 N–H and O–H groups in total. The van der Waals surface area contributed by atoms with Gasteiger partial charge in [-0.05, 0) is 45.9 Å². The number of ketones is 1. The van der Waals surface area contributed by atoms with Gasteiger partial charge in [-0.25, -0.2) is 4.79 Å². The van der Waals surface area contributed by atoms with E-state index in [1.165, 1.54) is 21.1 Å². The molecule has 0 aliphatic carbocycles. The average Bonchev–Trinajstić information content (AvgIpc) is 3.25. The van der Waals surface area contributed by atoms with Crippen LogP contribution in [0.15, 0.2) is 30.3 Å². The van der Waals surface area contributed by atoms with Crippen LogP contribution in [0.2, 0.25) is 0 Å². The van der Waals surface area contributed by atoms with Gasteiger partial charge >= 0.3 is 5.97 Å². The number of carbonyl (C=O) groups excluding carboxylic acids is 4. The van der Waals surface area contributed by atoms with Gasteiger partial charge in [0.2, 0.25) is 17.4 Å². The molecule has 0 bridgehead atoms. The van der Waals surface area contributed by atoms with Gasteiger partial charge in [-0.1, -0.05) is 12.1 Å². The quantitative estimate of drug-likeness (QED) is 0.525. The Bertz CT molecular complexity index is 1110. The van der Waals surface area contributed by atoms with Gasteiger partial charge in [-0.3, -0.25) is 19.3 Å². The van der Waals surface area contributed by atoms with Crippen molar-refractivity contribution in [3.63, 3.8) is 0 Å². The Morgan fingerprint density at radius 3 is 2.55 bits per heavy atom. The number of ether oxygens (including phenoxy) is 1. The molecular formula is C23H24N2O5S. The first-order chi connectivity index (χ1) is 14.7. The smallest absolute Gasteiger partial charge is 0.354 e. The van der Waals surface area contributed by atoms with Crippen molar-refractivity contribution in [3.8, 4) is 0 Å². The first kappa shape index (κ1) is 21.2. The second-order valence-electron chi connectivity index (χ2n) is 8.16. The van der Waals surface area contributed by atoms with Crippen LogP contribution in [0.4, 0.5) is 5.69 Å². The Morgan fingerprint density at radius 1 is 1.19 bits per heavy atom. The van der Waals surface area contributed by atoms with E-state index in [0.29, 0.717) is 16.8 Å². The molecule has 2 aromatic rings. The Hall–Kier alpha value is -3.00. The van der Waals surface area contributed by atoms with E-state index in [9.17, 15) is 19.2 Å². The Morgan fingerprint density at radius 2 is 1.90 bits per heavy atom. The zero-order valence-electron chi connectivity index (χ0n) is 17.9. The maximum absolute atomic E-state index is 13.5. The fraction of sp³-hybridized carbons (Fsp3) is 0.391. The maximum atomic E-state index is 13.5. The number of anilines is 1. The number of thiophene rings is 1. The lowest BCUT2D eigenvalue weighted by Crippen LogP contribution is -2.70. The van der Waals surface area contributed by atoms with Crippen LogP contribution >= 0.6 is 11.3 Å². The molecule has 4 rings (SSSR count). The van der Waals surface area contributed by atoms with Crippen molar-refractivity contribution in [2.45, 2.75) is 52.2 Å². The third kappa shape index (κ3) is 3.17. The first-order valence-corrected chi connectivity index (χ1v) is 11.0. The number of aryl methyl sites for hydroxylation is 2. The van der Waals surface area contributed by atoms with Crippen LogP contribution in [0.5, 0.6) is 0 Å². The van der Waals surface area contributed by atoms with Crippen LogP contribution < -0.4 is 4.90 Å². The molecule has 2 aliphatic heterocycles. The van der Waals surface area contributed by atoms with Crippen LogP contribution in [0.25, 0.3) is 0 Å². The lowest BCUT2D eigenvalue weighted by molar-refractivity contribution is -0.157. The number of para-hydroxylation sites is 1. The fourth-order valence-corrected chi connectivity index (χ4v) is 5.55. The van der Waals surface area contributed by atoms with Crippen molar-refractivity contribution in [2.75, 3.05) is 11.5 Å². The SMILES string of the molecule is Cc1cc(C(=O)COC(=O)C23CCC(=O)N2c2ccccc2C(=O)N3C(C)C)c(C)s1. The number of esters is 1. The summed E-state index contributed by atoms with van der Waals surface area (Å²) in [4.78, 5) is 57.0. The monoisotopic (exact) mass is 440 g/mol. The second kappa shape index (κ2) is 7.60. The van der Waals surface area contributed by atoms with Crippen LogP contribution in [-0.4, -0.2) is 46.8 Å². The van der Waals surface area contributed by atoms with Crippen molar-refractivity contribution in [2.24, 2.45) is 0 Å². The summed E-state index contributed by atoms with van der Waals surface area (Å²) in [7, 11) is 0. The summed E-state index contributed by atoms with van der Waals surface area (Å²) < 4.78 is 5.49. The zero-order valence-corrected chi connectivity index (χ0v) is 18.7. The molecule has 1 unspecified atom stereocenters. The molecule has 2 amide bonds. The standard InChI is InChI=1S/C23H24N2O5S/c1-13(2)24-21(28)16-7-5-6-8-18(16)25-20(27)9-10-23(24,25)22(29)30-12-19(26)17-11-14(3)31-15(17)4/h5-8,11,13H,9-10,12H2,1-4H3. The molecule has 7 nitrogen and oxygen atoms in total. The molecule has 31 heavy (non-hydrogen) atoms. The minimum atomic E-state index is -1.59. The van der Waals surface area contributed by atoms with Crippen molar-refractivity contribution < 1.29 is 23.9 Å². The van der Waals surface area contributed by atoms with E-state index >= 15 is 0 Å². The molecule has 0 saturated carbocycles. The number of rotatable bonds is 5. The number of nitrogens with zero attached hydrogens (tertiary/aromatic N) is 2. The average molecular weight is 441 g/mol. The highest BCUT2D eigenvalue weighted by molar-refractivity contribution is 7.12. The predicted molar refractivity (Wildman–Crippen MR) is 116 cm³/mol. The highest BCUT2D eigenvalue weighted by Crippen LogP contribution is 2.46. The van der Waals surface area contributed by atoms with Gasteiger partial charge in [0.25, 0.3) is 5.91 Å². The summed E-state index contributed by atoms with van der Waals surface area (Å²) in [6.07, 6.45) is 0.227. The fourth-order valence-electron chi connectivity index (χ4n) is 4.61. The number of benzene rings is 1. The van der Waals surface area contributed by atoms with Crippen molar-refractivity contribution in [1.29, 1.82) is 0 Å². The number of Topliss-reactive ketones (excluding diaryl/α,β-unsaturated/α-hetero) is 1. The minimum absolute atomic E-state index is 0.108. The van der Waals surface area contributed by atoms with E-state index in [0.717, 1.165) is 9.75 Å². The largest absolute Gasteiger partial charge is 0.454 e. The Kier molecular flexibility index (Phi) is 5.21. The number of hydrogen-bond donors (Lipinski definition) is 0. The van der Waals surface area contributed by atoms with Gasteiger partial charge in [0.15, 0.2) is 6.61 Å². The minimum Gasteiger partial charge on any atom is -0.454 e. The summed E-state index contributed by atoms with van der Waals surface area (Å²) >= 11 is 1.50. The molecular weight excluding hydrogens is 416 g/mol. The molecule has 2 aliphatic rings.